The van der Waals surface area contributed by atoms with Crippen LogP contribution in [-0.4, -0.2) is 34.4 Å². The van der Waals surface area contributed by atoms with Crippen LogP contribution < -0.4 is 14.8 Å². The third-order valence-corrected chi connectivity index (χ3v) is 6.19. The molecule has 0 radical (unpaired) electrons. The van der Waals surface area contributed by atoms with Crippen molar-refractivity contribution in [3.8, 4) is 16.6 Å². The molecular formula is C22H20N4O3S. The molecule has 4 aromatic rings. The van der Waals surface area contributed by atoms with Gasteiger partial charge in [-0.1, -0.05) is 35.6 Å². The quantitative estimate of drug-likeness (QED) is 0.519. The Balaban J connectivity index is 1.63. The molecule has 1 amide bonds. The standard InChI is InChI=1S/C22H20N4O3S/c1-3-29-20-13(7-6-9-17(20)28-2)14-11-19(27)25-21-15(14)12-23-26(21)22-24-16-8-4-5-10-18(16)30-22/h4-10,12,14H,3,11H2,1-2H3,(H,25,27). The zero-order valence-corrected chi connectivity index (χ0v) is 17.4. The topological polar surface area (TPSA) is 78.3 Å². The molecule has 0 saturated heterocycles. The molecule has 0 saturated carbocycles. The summed E-state index contributed by atoms with van der Waals surface area (Å²) < 4.78 is 14.2. The van der Waals surface area contributed by atoms with Crippen LogP contribution in [0.4, 0.5) is 5.82 Å². The van der Waals surface area contributed by atoms with Crippen LogP contribution in [0.5, 0.6) is 11.5 Å². The maximum Gasteiger partial charge on any atom is 0.226 e. The van der Waals surface area contributed by atoms with Gasteiger partial charge in [-0.15, -0.1) is 0 Å². The van der Waals surface area contributed by atoms with Gasteiger partial charge in [0.15, 0.2) is 11.5 Å². The van der Waals surface area contributed by atoms with Gasteiger partial charge in [-0.3, -0.25) is 4.79 Å². The SMILES string of the molecule is CCOc1c(OC)cccc1C1CC(=O)Nc2c1cnn2-c1nc2ccccc2s1. The summed E-state index contributed by atoms with van der Waals surface area (Å²) in [4.78, 5) is 17.3. The van der Waals surface area contributed by atoms with Crippen LogP contribution in [0.25, 0.3) is 15.3 Å². The summed E-state index contributed by atoms with van der Waals surface area (Å²) in [6.45, 7) is 2.44. The van der Waals surface area contributed by atoms with Gasteiger partial charge in [-0.2, -0.15) is 9.78 Å². The lowest BCUT2D eigenvalue weighted by Gasteiger charge is -2.25. The highest BCUT2D eigenvalue weighted by molar-refractivity contribution is 7.20. The molecule has 1 unspecified atom stereocenters. The highest BCUT2D eigenvalue weighted by Crippen LogP contribution is 2.44. The summed E-state index contributed by atoms with van der Waals surface area (Å²) in [6, 6.07) is 13.7. The van der Waals surface area contributed by atoms with Crippen molar-refractivity contribution in [1.29, 1.82) is 0 Å². The van der Waals surface area contributed by atoms with Gasteiger partial charge in [-0.05, 0) is 25.1 Å². The number of nitrogens with zero attached hydrogens (tertiary/aromatic N) is 3. The molecule has 1 atom stereocenters. The number of anilines is 1. The monoisotopic (exact) mass is 420 g/mol. The minimum Gasteiger partial charge on any atom is -0.493 e. The molecule has 8 heteroatoms. The molecule has 0 bridgehead atoms. The zero-order valence-electron chi connectivity index (χ0n) is 16.6. The van der Waals surface area contributed by atoms with Crippen molar-refractivity contribution >= 4 is 33.3 Å². The van der Waals surface area contributed by atoms with E-state index in [0.717, 1.165) is 21.3 Å². The number of carbonyl (C=O) groups is 1. The first-order valence-electron chi connectivity index (χ1n) is 9.73. The molecule has 5 rings (SSSR count). The van der Waals surface area contributed by atoms with Gasteiger partial charge in [0, 0.05) is 23.5 Å². The first-order valence-corrected chi connectivity index (χ1v) is 10.5. The molecule has 1 aliphatic heterocycles. The number of hydrogen-bond donors (Lipinski definition) is 1. The second kappa shape index (κ2) is 7.46. The summed E-state index contributed by atoms with van der Waals surface area (Å²) >= 11 is 1.54. The summed E-state index contributed by atoms with van der Waals surface area (Å²) in [5, 5.41) is 8.27. The smallest absolute Gasteiger partial charge is 0.226 e. The second-order valence-electron chi connectivity index (χ2n) is 6.94. The molecule has 0 fully saturated rings. The van der Waals surface area contributed by atoms with Crippen molar-refractivity contribution in [2.24, 2.45) is 0 Å². The maximum atomic E-state index is 12.6. The Morgan fingerprint density at radius 1 is 1.20 bits per heavy atom. The van der Waals surface area contributed by atoms with E-state index in [1.165, 1.54) is 11.3 Å². The Morgan fingerprint density at radius 3 is 2.87 bits per heavy atom. The molecule has 1 N–H and O–H groups in total. The van der Waals surface area contributed by atoms with Gasteiger partial charge >= 0.3 is 0 Å². The van der Waals surface area contributed by atoms with Crippen LogP contribution in [-0.2, 0) is 4.79 Å². The van der Waals surface area contributed by atoms with E-state index < -0.39 is 0 Å². The molecule has 2 aromatic heterocycles. The number of ether oxygens (including phenoxy) is 2. The van der Waals surface area contributed by atoms with Crippen LogP contribution in [0.3, 0.4) is 0 Å². The second-order valence-corrected chi connectivity index (χ2v) is 7.95. The average molecular weight is 420 g/mol. The first-order chi connectivity index (χ1) is 14.7. The van der Waals surface area contributed by atoms with E-state index >= 15 is 0 Å². The molecular weight excluding hydrogens is 400 g/mol. The van der Waals surface area contributed by atoms with Gasteiger partial charge in [0.25, 0.3) is 0 Å². The number of fused-ring (bicyclic) bond motifs is 2. The van der Waals surface area contributed by atoms with Gasteiger partial charge in [0.2, 0.25) is 11.0 Å². The highest BCUT2D eigenvalue weighted by atomic mass is 32.1. The third kappa shape index (κ3) is 3.00. The number of rotatable bonds is 5. The lowest BCUT2D eigenvalue weighted by molar-refractivity contribution is -0.116. The van der Waals surface area contributed by atoms with Crippen molar-refractivity contribution in [2.45, 2.75) is 19.3 Å². The van der Waals surface area contributed by atoms with Gasteiger partial charge in [0.1, 0.15) is 5.82 Å². The number of hydrogen-bond acceptors (Lipinski definition) is 6. The average Bonchev–Trinajstić information content (AvgIpc) is 3.37. The van der Waals surface area contributed by atoms with E-state index in [1.54, 1.807) is 18.0 Å². The van der Waals surface area contributed by atoms with Gasteiger partial charge in [0.05, 0.1) is 30.1 Å². The Bertz CT molecular complexity index is 1210. The van der Waals surface area contributed by atoms with Gasteiger partial charge < -0.3 is 14.8 Å². The number of thiazole rings is 1. The molecule has 7 nitrogen and oxygen atoms in total. The van der Waals surface area contributed by atoms with Crippen molar-refractivity contribution in [2.75, 3.05) is 19.0 Å². The Kier molecular flexibility index (Phi) is 4.63. The lowest BCUT2D eigenvalue weighted by atomic mass is 9.86. The van der Waals surface area contributed by atoms with Crippen molar-refractivity contribution < 1.29 is 14.3 Å². The van der Waals surface area contributed by atoms with Crippen molar-refractivity contribution in [1.82, 2.24) is 14.8 Å². The number of nitrogens with one attached hydrogen (secondary N) is 1. The zero-order chi connectivity index (χ0) is 20.7. The van der Waals surface area contributed by atoms with E-state index in [4.69, 9.17) is 9.47 Å². The number of benzene rings is 2. The molecule has 0 aliphatic carbocycles. The van der Waals surface area contributed by atoms with E-state index in [0.29, 0.717) is 35.5 Å². The molecule has 2 aromatic carbocycles. The maximum absolute atomic E-state index is 12.6. The number of aromatic nitrogens is 3. The first kappa shape index (κ1) is 18.6. The third-order valence-electron chi connectivity index (χ3n) is 5.18. The molecule has 1 aliphatic rings. The van der Waals surface area contributed by atoms with Crippen LogP contribution in [0.2, 0.25) is 0 Å². The van der Waals surface area contributed by atoms with E-state index in [-0.39, 0.29) is 11.8 Å². The summed E-state index contributed by atoms with van der Waals surface area (Å²) in [6.07, 6.45) is 2.12. The Labute approximate surface area is 177 Å². The number of para-hydroxylation sites is 2. The summed E-state index contributed by atoms with van der Waals surface area (Å²) in [7, 11) is 1.62. The van der Waals surface area contributed by atoms with E-state index in [9.17, 15) is 4.79 Å². The normalized spacial score (nSPS) is 15.7. The number of carbonyl (C=O) groups excluding carboxylic acids is 1. The van der Waals surface area contributed by atoms with E-state index in [1.807, 2.05) is 49.4 Å². The number of methoxy groups -OCH3 is 1. The van der Waals surface area contributed by atoms with Crippen LogP contribution in [0.15, 0.2) is 48.7 Å². The minimum absolute atomic E-state index is 0.0689. The summed E-state index contributed by atoms with van der Waals surface area (Å²) in [5.74, 6) is 1.72. The van der Waals surface area contributed by atoms with Crippen LogP contribution >= 0.6 is 11.3 Å². The molecule has 0 spiro atoms. The largest absolute Gasteiger partial charge is 0.493 e. The van der Waals surface area contributed by atoms with Crippen molar-refractivity contribution in [3.05, 3.63) is 59.8 Å². The highest BCUT2D eigenvalue weighted by Gasteiger charge is 2.33. The van der Waals surface area contributed by atoms with Crippen LogP contribution in [0.1, 0.15) is 30.4 Å². The van der Waals surface area contributed by atoms with Crippen molar-refractivity contribution in [3.63, 3.8) is 0 Å². The predicted molar refractivity (Wildman–Crippen MR) is 116 cm³/mol. The molecule has 30 heavy (non-hydrogen) atoms. The minimum atomic E-state index is -0.187. The fraction of sp³-hybridized carbons (Fsp3) is 0.227. The fourth-order valence-electron chi connectivity index (χ4n) is 3.86. The van der Waals surface area contributed by atoms with E-state index in [2.05, 4.69) is 15.4 Å². The molecule has 152 valence electrons. The Hall–Kier alpha value is -3.39. The van der Waals surface area contributed by atoms with Crippen LogP contribution in [0, 0.1) is 0 Å². The summed E-state index contributed by atoms with van der Waals surface area (Å²) in [5.41, 5.74) is 2.76. The predicted octanol–water partition coefficient (Wildman–Crippen LogP) is 4.36. The number of amides is 1. The Morgan fingerprint density at radius 2 is 2.07 bits per heavy atom. The fourth-order valence-corrected chi connectivity index (χ4v) is 4.79. The van der Waals surface area contributed by atoms with Gasteiger partial charge in [-0.25, -0.2) is 4.98 Å². The lowest BCUT2D eigenvalue weighted by Crippen LogP contribution is -2.25. The molecule has 3 heterocycles.